The highest BCUT2D eigenvalue weighted by atomic mass is 16.5. The lowest BCUT2D eigenvalue weighted by Crippen LogP contribution is -2.43. The zero-order valence-electron chi connectivity index (χ0n) is 8.72. The molecule has 3 nitrogen and oxygen atoms in total. The number of nitrogens with one attached hydrogen (secondary N) is 1. The molecule has 78 valence electrons. The van der Waals surface area contributed by atoms with Gasteiger partial charge in [0, 0.05) is 45.9 Å². The van der Waals surface area contributed by atoms with Crippen LogP contribution in [0, 0.1) is 0 Å². The van der Waals surface area contributed by atoms with Crippen molar-refractivity contribution >= 4 is 0 Å². The van der Waals surface area contributed by atoms with Crippen LogP contribution in [-0.4, -0.2) is 50.8 Å². The summed E-state index contributed by atoms with van der Waals surface area (Å²) in [6.07, 6.45) is 2.31. The fourth-order valence-electron chi connectivity index (χ4n) is 1.57. The summed E-state index contributed by atoms with van der Waals surface area (Å²) in [5.74, 6) is 0. The maximum Gasteiger partial charge on any atom is 0.0478 e. The van der Waals surface area contributed by atoms with Crippen LogP contribution in [-0.2, 0) is 4.74 Å². The number of hydrogen-bond acceptors (Lipinski definition) is 3. The first-order chi connectivity index (χ1) is 6.43. The summed E-state index contributed by atoms with van der Waals surface area (Å²) < 4.78 is 5.43. The van der Waals surface area contributed by atoms with Crippen LogP contribution < -0.4 is 5.32 Å². The summed E-state index contributed by atoms with van der Waals surface area (Å²) >= 11 is 0. The number of hydrogen-bond donors (Lipinski definition) is 1. The molecule has 0 saturated carbocycles. The lowest BCUT2D eigenvalue weighted by atomic mass is 10.3. The predicted molar refractivity (Wildman–Crippen MR) is 55.0 cm³/mol. The number of ether oxygens (including phenoxy) is 1. The molecule has 0 aliphatic carbocycles. The van der Waals surface area contributed by atoms with Crippen LogP contribution in [0.2, 0.25) is 0 Å². The highest BCUT2D eigenvalue weighted by Crippen LogP contribution is 1.94. The Kier molecular flexibility index (Phi) is 6.15. The third kappa shape index (κ3) is 5.24. The molecular formula is C10H22N2O. The molecule has 1 fully saturated rings. The lowest BCUT2D eigenvalue weighted by molar-refractivity contribution is 0.118. The third-order valence-electron chi connectivity index (χ3n) is 2.32. The van der Waals surface area contributed by atoms with Gasteiger partial charge in [0.1, 0.15) is 0 Å². The molecule has 0 amide bonds. The van der Waals surface area contributed by atoms with Crippen molar-refractivity contribution in [2.45, 2.75) is 19.8 Å². The SMILES string of the molecule is CCCOCCCN1CCNCC1. The molecule has 0 aromatic heterocycles. The topological polar surface area (TPSA) is 24.5 Å². The molecule has 0 unspecified atom stereocenters. The normalized spacial score (nSPS) is 19.2. The van der Waals surface area contributed by atoms with Crippen molar-refractivity contribution in [3.05, 3.63) is 0 Å². The van der Waals surface area contributed by atoms with E-state index in [0.29, 0.717) is 0 Å². The highest BCUT2D eigenvalue weighted by molar-refractivity contribution is 4.66. The van der Waals surface area contributed by atoms with Gasteiger partial charge >= 0.3 is 0 Å². The zero-order valence-corrected chi connectivity index (χ0v) is 8.72. The lowest BCUT2D eigenvalue weighted by Gasteiger charge is -2.26. The minimum absolute atomic E-state index is 0.918. The standard InChI is InChI=1S/C10H22N2O/c1-2-9-13-10-3-6-12-7-4-11-5-8-12/h11H,2-10H2,1H3. The Bertz CT molecular complexity index is 113. The van der Waals surface area contributed by atoms with Crippen molar-refractivity contribution in [3.8, 4) is 0 Å². The third-order valence-corrected chi connectivity index (χ3v) is 2.32. The second-order valence-corrected chi connectivity index (χ2v) is 3.56. The Morgan fingerprint density at radius 3 is 2.69 bits per heavy atom. The fourth-order valence-corrected chi connectivity index (χ4v) is 1.57. The Morgan fingerprint density at radius 2 is 2.00 bits per heavy atom. The molecule has 0 spiro atoms. The van der Waals surface area contributed by atoms with Gasteiger partial charge in [-0.2, -0.15) is 0 Å². The van der Waals surface area contributed by atoms with E-state index in [4.69, 9.17) is 4.74 Å². The Hall–Kier alpha value is -0.120. The molecular weight excluding hydrogens is 164 g/mol. The van der Waals surface area contributed by atoms with Crippen LogP contribution in [0.25, 0.3) is 0 Å². The summed E-state index contributed by atoms with van der Waals surface area (Å²) in [7, 11) is 0. The van der Waals surface area contributed by atoms with Gasteiger partial charge in [-0.1, -0.05) is 6.92 Å². The van der Waals surface area contributed by atoms with E-state index in [1.54, 1.807) is 0 Å². The minimum Gasteiger partial charge on any atom is -0.381 e. The molecule has 1 aliphatic heterocycles. The van der Waals surface area contributed by atoms with Crippen LogP contribution in [0.15, 0.2) is 0 Å². The highest BCUT2D eigenvalue weighted by Gasteiger charge is 2.07. The first-order valence-electron chi connectivity index (χ1n) is 5.44. The molecule has 0 bridgehead atoms. The number of nitrogens with zero attached hydrogens (tertiary/aromatic N) is 1. The van der Waals surface area contributed by atoms with E-state index >= 15 is 0 Å². The van der Waals surface area contributed by atoms with Gasteiger partial charge < -0.3 is 15.0 Å². The molecule has 1 aliphatic rings. The van der Waals surface area contributed by atoms with Gasteiger partial charge in [-0.05, 0) is 12.8 Å². The average Bonchev–Trinajstić information content (AvgIpc) is 2.19. The summed E-state index contributed by atoms with van der Waals surface area (Å²) in [5, 5.41) is 3.35. The quantitative estimate of drug-likeness (QED) is 0.618. The molecule has 13 heavy (non-hydrogen) atoms. The van der Waals surface area contributed by atoms with E-state index in [0.717, 1.165) is 32.7 Å². The zero-order chi connectivity index (χ0) is 9.36. The van der Waals surface area contributed by atoms with Crippen molar-refractivity contribution in [3.63, 3.8) is 0 Å². The maximum absolute atomic E-state index is 5.43. The van der Waals surface area contributed by atoms with Crippen molar-refractivity contribution in [2.75, 3.05) is 45.9 Å². The largest absolute Gasteiger partial charge is 0.381 e. The number of piperazine rings is 1. The molecule has 0 aromatic rings. The van der Waals surface area contributed by atoms with Gasteiger partial charge in [-0.3, -0.25) is 0 Å². The van der Waals surface area contributed by atoms with Crippen molar-refractivity contribution in [2.24, 2.45) is 0 Å². The summed E-state index contributed by atoms with van der Waals surface area (Å²) in [4.78, 5) is 2.51. The maximum atomic E-state index is 5.43. The Labute approximate surface area is 81.4 Å². The van der Waals surface area contributed by atoms with E-state index in [1.165, 1.54) is 26.1 Å². The van der Waals surface area contributed by atoms with Crippen molar-refractivity contribution < 1.29 is 4.74 Å². The van der Waals surface area contributed by atoms with E-state index in [9.17, 15) is 0 Å². The smallest absolute Gasteiger partial charge is 0.0478 e. The van der Waals surface area contributed by atoms with Gasteiger partial charge in [0.25, 0.3) is 0 Å². The molecule has 3 heteroatoms. The van der Waals surface area contributed by atoms with Gasteiger partial charge in [-0.25, -0.2) is 0 Å². The minimum atomic E-state index is 0.918. The number of rotatable bonds is 6. The fraction of sp³-hybridized carbons (Fsp3) is 1.00. The molecule has 0 atom stereocenters. The first-order valence-corrected chi connectivity index (χ1v) is 5.44. The monoisotopic (exact) mass is 186 g/mol. The molecule has 0 aromatic carbocycles. The van der Waals surface area contributed by atoms with Crippen LogP contribution in [0.1, 0.15) is 19.8 Å². The van der Waals surface area contributed by atoms with E-state index in [-0.39, 0.29) is 0 Å². The van der Waals surface area contributed by atoms with Crippen LogP contribution in [0.3, 0.4) is 0 Å². The second kappa shape index (κ2) is 7.30. The van der Waals surface area contributed by atoms with Gasteiger partial charge in [0.05, 0.1) is 0 Å². The average molecular weight is 186 g/mol. The molecule has 1 rings (SSSR count). The van der Waals surface area contributed by atoms with Crippen LogP contribution in [0.4, 0.5) is 0 Å². The Morgan fingerprint density at radius 1 is 1.23 bits per heavy atom. The molecule has 1 heterocycles. The van der Waals surface area contributed by atoms with Gasteiger partial charge in [-0.15, -0.1) is 0 Å². The van der Waals surface area contributed by atoms with Crippen molar-refractivity contribution in [1.29, 1.82) is 0 Å². The Balaban J connectivity index is 1.86. The molecule has 0 radical (unpaired) electrons. The van der Waals surface area contributed by atoms with E-state index in [1.807, 2.05) is 0 Å². The molecule has 1 saturated heterocycles. The van der Waals surface area contributed by atoms with Crippen molar-refractivity contribution in [1.82, 2.24) is 10.2 Å². The van der Waals surface area contributed by atoms with E-state index < -0.39 is 0 Å². The summed E-state index contributed by atoms with van der Waals surface area (Å²) in [5.41, 5.74) is 0. The second-order valence-electron chi connectivity index (χ2n) is 3.56. The predicted octanol–water partition coefficient (Wildman–Crippen LogP) is 0.708. The first kappa shape index (κ1) is 11.0. The van der Waals surface area contributed by atoms with Gasteiger partial charge in [0.15, 0.2) is 0 Å². The van der Waals surface area contributed by atoms with Gasteiger partial charge in [0.2, 0.25) is 0 Å². The molecule has 1 N–H and O–H groups in total. The van der Waals surface area contributed by atoms with Crippen LogP contribution >= 0.6 is 0 Å². The van der Waals surface area contributed by atoms with E-state index in [2.05, 4.69) is 17.1 Å². The summed E-state index contributed by atoms with van der Waals surface area (Å²) in [6.45, 7) is 9.90. The summed E-state index contributed by atoms with van der Waals surface area (Å²) in [6, 6.07) is 0. The van der Waals surface area contributed by atoms with Crippen LogP contribution in [0.5, 0.6) is 0 Å².